The Hall–Kier alpha value is -1.42. The van der Waals surface area contributed by atoms with Gasteiger partial charge in [0.2, 0.25) is 0 Å². The first kappa shape index (κ1) is 18.6. The molecule has 0 radical (unpaired) electrons. The zero-order valence-electron chi connectivity index (χ0n) is 13.9. The summed E-state index contributed by atoms with van der Waals surface area (Å²) in [5.41, 5.74) is 0.521. The van der Waals surface area contributed by atoms with Gasteiger partial charge in [-0.3, -0.25) is 4.98 Å². The maximum atomic E-state index is 11.7. The number of unbranched alkanes of at least 4 members (excludes halogenated alkanes) is 6. The lowest BCUT2D eigenvalue weighted by Crippen LogP contribution is -2.06. The summed E-state index contributed by atoms with van der Waals surface area (Å²) in [6, 6.07) is 3.46. The average molecular weight is 307 g/mol. The molecule has 4 nitrogen and oxygen atoms in total. The van der Waals surface area contributed by atoms with Gasteiger partial charge in [0.05, 0.1) is 18.3 Å². The van der Waals surface area contributed by atoms with Crippen LogP contribution in [-0.2, 0) is 9.47 Å². The van der Waals surface area contributed by atoms with Crippen molar-refractivity contribution >= 4 is 5.97 Å². The molecule has 1 unspecified atom stereocenters. The minimum atomic E-state index is -0.277. The number of carbonyl (C=O) groups is 1. The molecule has 0 saturated heterocycles. The molecule has 0 aliphatic rings. The Labute approximate surface area is 134 Å². The van der Waals surface area contributed by atoms with Crippen LogP contribution in [0.1, 0.15) is 68.6 Å². The third-order valence-corrected chi connectivity index (χ3v) is 3.79. The Morgan fingerprint density at radius 1 is 1.14 bits per heavy atom. The smallest absolute Gasteiger partial charge is 0.339 e. The molecule has 0 amide bonds. The number of esters is 1. The predicted octanol–water partition coefficient (Wildman–Crippen LogP) is 4.39. The summed E-state index contributed by atoms with van der Waals surface area (Å²) in [5, 5.41) is 0. The van der Waals surface area contributed by atoms with Crippen LogP contribution in [0.4, 0.5) is 0 Å². The number of ether oxygens (including phenoxy) is 2. The van der Waals surface area contributed by atoms with Crippen molar-refractivity contribution in [3.8, 4) is 0 Å². The van der Waals surface area contributed by atoms with Gasteiger partial charge >= 0.3 is 5.97 Å². The first-order valence-electron chi connectivity index (χ1n) is 8.34. The van der Waals surface area contributed by atoms with Crippen molar-refractivity contribution in [1.29, 1.82) is 0 Å². The van der Waals surface area contributed by atoms with Gasteiger partial charge in [0.1, 0.15) is 0 Å². The summed E-state index contributed by atoms with van der Waals surface area (Å²) in [6.07, 6.45) is 13.1. The van der Waals surface area contributed by atoms with Crippen LogP contribution in [0.15, 0.2) is 24.5 Å². The van der Waals surface area contributed by atoms with Crippen LogP contribution in [0.25, 0.3) is 0 Å². The molecule has 0 aliphatic carbocycles. The lowest BCUT2D eigenvalue weighted by molar-refractivity contribution is 0.0497. The van der Waals surface area contributed by atoms with Gasteiger partial charge < -0.3 is 9.47 Å². The van der Waals surface area contributed by atoms with Crippen molar-refractivity contribution in [3.05, 3.63) is 30.1 Å². The van der Waals surface area contributed by atoms with Gasteiger partial charge in [0.15, 0.2) is 0 Å². The molecule has 1 aromatic heterocycles. The second-order valence-electron chi connectivity index (χ2n) is 5.69. The van der Waals surface area contributed by atoms with E-state index in [-0.39, 0.29) is 5.97 Å². The fourth-order valence-electron chi connectivity index (χ4n) is 2.27. The van der Waals surface area contributed by atoms with E-state index in [0.29, 0.717) is 18.3 Å². The Balaban J connectivity index is 1.89. The Kier molecular flexibility index (Phi) is 10.3. The summed E-state index contributed by atoms with van der Waals surface area (Å²) in [6.45, 7) is 2.62. The van der Waals surface area contributed by atoms with Crippen LogP contribution in [0.5, 0.6) is 0 Å². The summed E-state index contributed by atoms with van der Waals surface area (Å²) < 4.78 is 10.4. The number of methoxy groups -OCH3 is 1. The average Bonchev–Trinajstić information content (AvgIpc) is 2.56. The van der Waals surface area contributed by atoms with Gasteiger partial charge in [-0.05, 0) is 31.9 Å². The van der Waals surface area contributed by atoms with Crippen LogP contribution in [-0.4, -0.2) is 30.8 Å². The first-order valence-corrected chi connectivity index (χ1v) is 8.34. The number of carbonyl (C=O) groups excluding carboxylic acids is 1. The van der Waals surface area contributed by atoms with Crippen molar-refractivity contribution in [2.45, 2.75) is 64.4 Å². The molecule has 4 heteroatoms. The highest BCUT2D eigenvalue weighted by atomic mass is 16.5. The second-order valence-corrected chi connectivity index (χ2v) is 5.69. The second kappa shape index (κ2) is 12.2. The molecule has 0 N–H and O–H groups in total. The molecule has 1 heterocycles. The molecule has 0 bridgehead atoms. The number of hydrogen-bond donors (Lipinski definition) is 0. The van der Waals surface area contributed by atoms with E-state index in [4.69, 9.17) is 9.47 Å². The van der Waals surface area contributed by atoms with Gasteiger partial charge in [-0.2, -0.15) is 0 Å². The molecule has 0 fully saturated rings. The number of hydrogen-bond acceptors (Lipinski definition) is 4. The lowest BCUT2D eigenvalue weighted by Gasteiger charge is -2.08. The van der Waals surface area contributed by atoms with Crippen molar-refractivity contribution in [3.63, 3.8) is 0 Å². The van der Waals surface area contributed by atoms with E-state index in [0.717, 1.165) is 19.3 Å². The molecule has 0 saturated carbocycles. The molecule has 0 spiro atoms. The quantitative estimate of drug-likeness (QED) is 0.424. The van der Waals surface area contributed by atoms with Gasteiger partial charge in [0, 0.05) is 19.5 Å². The number of pyridine rings is 1. The summed E-state index contributed by atoms with van der Waals surface area (Å²) in [5.74, 6) is -0.277. The maximum Gasteiger partial charge on any atom is 0.339 e. The Bertz CT molecular complexity index is 395. The minimum Gasteiger partial charge on any atom is -0.462 e. The van der Waals surface area contributed by atoms with Crippen molar-refractivity contribution in [2.75, 3.05) is 13.7 Å². The molecule has 0 aromatic carbocycles. The summed E-state index contributed by atoms with van der Waals surface area (Å²) in [7, 11) is 1.77. The fourth-order valence-corrected chi connectivity index (χ4v) is 2.27. The monoisotopic (exact) mass is 307 g/mol. The van der Waals surface area contributed by atoms with E-state index in [1.807, 2.05) is 0 Å². The molecular formula is C18H29NO3. The van der Waals surface area contributed by atoms with Crippen LogP contribution < -0.4 is 0 Å². The topological polar surface area (TPSA) is 48.4 Å². The normalized spacial score (nSPS) is 12.1. The van der Waals surface area contributed by atoms with Crippen molar-refractivity contribution in [1.82, 2.24) is 4.98 Å². The highest BCUT2D eigenvalue weighted by molar-refractivity contribution is 5.88. The van der Waals surface area contributed by atoms with E-state index < -0.39 is 0 Å². The highest BCUT2D eigenvalue weighted by Gasteiger charge is 2.05. The third-order valence-electron chi connectivity index (χ3n) is 3.79. The number of aromatic nitrogens is 1. The Morgan fingerprint density at radius 2 is 1.82 bits per heavy atom. The third kappa shape index (κ3) is 8.78. The zero-order valence-corrected chi connectivity index (χ0v) is 13.9. The van der Waals surface area contributed by atoms with E-state index in [1.165, 1.54) is 38.3 Å². The Morgan fingerprint density at radius 3 is 2.45 bits per heavy atom. The van der Waals surface area contributed by atoms with Crippen LogP contribution >= 0.6 is 0 Å². The van der Waals surface area contributed by atoms with Gasteiger partial charge in [0.25, 0.3) is 0 Å². The van der Waals surface area contributed by atoms with Crippen molar-refractivity contribution < 1.29 is 14.3 Å². The molecule has 0 aliphatic heterocycles. The highest BCUT2D eigenvalue weighted by Crippen LogP contribution is 2.11. The largest absolute Gasteiger partial charge is 0.462 e. The first-order chi connectivity index (χ1) is 10.7. The summed E-state index contributed by atoms with van der Waals surface area (Å²) in [4.78, 5) is 15.6. The fraction of sp³-hybridized carbons (Fsp3) is 0.667. The van der Waals surface area contributed by atoms with Crippen LogP contribution in [0, 0.1) is 0 Å². The summed E-state index contributed by atoms with van der Waals surface area (Å²) >= 11 is 0. The van der Waals surface area contributed by atoms with E-state index >= 15 is 0 Å². The molecule has 1 atom stereocenters. The van der Waals surface area contributed by atoms with Gasteiger partial charge in [-0.25, -0.2) is 4.79 Å². The van der Waals surface area contributed by atoms with Crippen LogP contribution in [0.3, 0.4) is 0 Å². The molecule has 22 heavy (non-hydrogen) atoms. The maximum absolute atomic E-state index is 11.7. The molecular weight excluding hydrogens is 278 g/mol. The molecule has 124 valence electrons. The minimum absolute atomic E-state index is 0.277. The van der Waals surface area contributed by atoms with Gasteiger partial charge in [-0.1, -0.05) is 38.5 Å². The van der Waals surface area contributed by atoms with Crippen LogP contribution in [0.2, 0.25) is 0 Å². The SMILES string of the molecule is COC(C)CCCCCCCCCOC(=O)c1cccnc1. The van der Waals surface area contributed by atoms with E-state index in [1.54, 1.807) is 25.4 Å². The number of rotatable bonds is 12. The lowest BCUT2D eigenvalue weighted by atomic mass is 10.1. The zero-order chi connectivity index (χ0) is 16.0. The van der Waals surface area contributed by atoms with Gasteiger partial charge in [-0.15, -0.1) is 0 Å². The van der Waals surface area contributed by atoms with Crippen molar-refractivity contribution in [2.24, 2.45) is 0 Å². The number of nitrogens with zero attached hydrogens (tertiary/aromatic N) is 1. The molecule has 1 aromatic rings. The molecule has 1 rings (SSSR count). The standard InChI is InChI=1S/C18H29NO3/c1-16(21-2)11-8-6-4-3-5-7-9-14-22-18(20)17-12-10-13-19-15-17/h10,12-13,15-16H,3-9,11,14H2,1-2H3. The van der Waals surface area contributed by atoms with E-state index in [2.05, 4.69) is 11.9 Å². The van der Waals surface area contributed by atoms with E-state index in [9.17, 15) is 4.79 Å². The predicted molar refractivity (Wildman–Crippen MR) is 87.9 cm³/mol.